The van der Waals surface area contributed by atoms with Gasteiger partial charge in [-0.05, 0) is 43.9 Å². The molecule has 2 rings (SSSR count). The molecule has 0 aliphatic rings. The van der Waals surface area contributed by atoms with Gasteiger partial charge in [0.25, 0.3) is 0 Å². The maximum atomic E-state index is 8.60. The lowest BCUT2D eigenvalue weighted by Gasteiger charge is -2.00. The summed E-state index contributed by atoms with van der Waals surface area (Å²) in [7, 11) is 0. The Labute approximate surface area is 110 Å². The minimum Gasteiger partial charge on any atom is -0.358 e. The van der Waals surface area contributed by atoms with Crippen LogP contribution in [0.25, 0.3) is 10.9 Å². The Balaban J connectivity index is 2.47. The van der Waals surface area contributed by atoms with E-state index in [9.17, 15) is 0 Å². The molecule has 92 valence electrons. The molecule has 0 spiro atoms. The highest BCUT2D eigenvalue weighted by atomic mass is 32.2. The van der Waals surface area contributed by atoms with E-state index in [0.717, 1.165) is 11.2 Å². The molecular weight excluding hydrogens is 244 g/mol. The van der Waals surface area contributed by atoms with Crippen molar-refractivity contribution in [2.24, 2.45) is 4.99 Å². The Hall–Kier alpha value is -1.93. The molecule has 1 aromatic heterocycles. The van der Waals surface area contributed by atoms with Gasteiger partial charge in [-0.1, -0.05) is 11.8 Å². The summed E-state index contributed by atoms with van der Waals surface area (Å²) in [6.45, 7) is 4.15. The van der Waals surface area contributed by atoms with E-state index >= 15 is 0 Å². The number of amidine groups is 1. The number of aromatic nitrogens is 1. The highest BCUT2D eigenvalue weighted by Gasteiger charge is 2.05. The van der Waals surface area contributed by atoms with Crippen molar-refractivity contribution in [2.75, 3.05) is 6.26 Å². The van der Waals surface area contributed by atoms with Crippen molar-refractivity contribution in [1.82, 2.24) is 10.3 Å². The first-order chi connectivity index (χ1) is 8.65. The van der Waals surface area contributed by atoms with E-state index in [1.807, 2.05) is 30.6 Å². The van der Waals surface area contributed by atoms with Crippen LogP contribution < -0.4 is 5.32 Å². The number of hydrogen-bond acceptors (Lipinski definition) is 3. The average Bonchev–Trinajstić information content (AvgIpc) is 2.65. The van der Waals surface area contributed by atoms with Gasteiger partial charge in [0, 0.05) is 16.6 Å². The molecule has 0 saturated carbocycles. The second-order valence-corrected chi connectivity index (χ2v) is 4.76. The Morgan fingerprint density at radius 3 is 2.89 bits per heavy atom. The molecule has 0 atom stereocenters. The molecule has 0 bridgehead atoms. The summed E-state index contributed by atoms with van der Waals surface area (Å²) >= 11 is 1.41. The fraction of sp³-hybridized carbons (Fsp3) is 0.231. The quantitative estimate of drug-likeness (QED) is 0.357. The maximum absolute atomic E-state index is 8.60. The minimum atomic E-state index is 0.599. The number of nitrogens with zero attached hydrogens (tertiary/aromatic N) is 2. The number of aliphatic imine (C=N–C) groups is 1. The topological polar surface area (TPSA) is 64.0 Å². The highest BCUT2D eigenvalue weighted by Crippen LogP contribution is 2.26. The Kier molecular flexibility index (Phi) is 3.58. The lowest BCUT2D eigenvalue weighted by molar-refractivity contribution is 1.25. The van der Waals surface area contributed by atoms with Gasteiger partial charge >= 0.3 is 0 Å². The Morgan fingerprint density at radius 2 is 2.22 bits per heavy atom. The maximum Gasteiger partial charge on any atom is 0.183 e. The molecule has 0 saturated heterocycles. The van der Waals surface area contributed by atoms with Crippen molar-refractivity contribution < 1.29 is 0 Å². The van der Waals surface area contributed by atoms with E-state index in [1.165, 1.54) is 28.4 Å². The number of aryl methyl sites for hydroxylation is 2. The van der Waals surface area contributed by atoms with Gasteiger partial charge in [-0.15, -0.1) is 0 Å². The third-order valence-corrected chi connectivity index (χ3v) is 3.46. The number of fused-ring (bicyclic) bond motifs is 1. The van der Waals surface area contributed by atoms with Crippen molar-refractivity contribution in [1.29, 1.82) is 5.26 Å². The van der Waals surface area contributed by atoms with Crippen LogP contribution in [-0.2, 0) is 0 Å². The molecule has 0 aliphatic heterocycles. The summed E-state index contributed by atoms with van der Waals surface area (Å²) in [6.07, 6.45) is 3.77. The van der Waals surface area contributed by atoms with Gasteiger partial charge in [0.1, 0.15) is 0 Å². The van der Waals surface area contributed by atoms with E-state index < -0.39 is 0 Å². The van der Waals surface area contributed by atoms with Gasteiger partial charge in [0.2, 0.25) is 0 Å². The summed E-state index contributed by atoms with van der Waals surface area (Å²) in [5.74, 6) is 0. The molecule has 0 unspecified atom stereocenters. The van der Waals surface area contributed by atoms with Crippen molar-refractivity contribution in [3.05, 3.63) is 29.5 Å². The first-order valence-corrected chi connectivity index (χ1v) is 6.75. The number of hydrogen-bond donors (Lipinski definition) is 2. The first-order valence-electron chi connectivity index (χ1n) is 5.52. The van der Waals surface area contributed by atoms with Crippen molar-refractivity contribution in [2.45, 2.75) is 13.8 Å². The van der Waals surface area contributed by atoms with Gasteiger partial charge < -0.3 is 4.98 Å². The van der Waals surface area contributed by atoms with E-state index in [0.29, 0.717) is 5.17 Å². The largest absolute Gasteiger partial charge is 0.358 e. The van der Waals surface area contributed by atoms with Gasteiger partial charge in [-0.2, -0.15) is 5.26 Å². The second kappa shape index (κ2) is 5.15. The van der Waals surface area contributed by atoms with E-state index in [-0.39, 0.29) is 0 Å². The average molecular weight is 258 g/mol. The third kappa shape index (κ3) is 2.34. The molecule has 0 radical (unpaired) electrons. The molecule has 0 fully saturated rings. The van der Waals surface area contributed by atoms with Gasteiger partial charge in [0.05, 0.1) is 5.69 Å². The van der Waals surface area contributed by atoms with E-state index in [2.05, 4.69) is 29.1 Å². The van der Waals surface area contributed by atoms with Gasteiger partial charge in [0.15, 0.2) is 11.4 Å². The van der Waals surface area contributed by atoms with Crippen LogP contribution in [0.2, 0.25) is 0 Å². The first kappa shape index (κ1) is 12.5. The molecule has 0 amide bonds. The minimum absolute atomic E-state index is 0.599. The van der Waals surface area contributed by atoms with Crippen LogP contribution in [0.1, 0.15) is 11.3 Å². The smallest absolute Gasteiger partial charge is 0.183 e. The molecule has 4 nitrogen and oxygen atoms in total. The Morgan fingerprint density at radius 1 is 1.44 bits per heavy atom. The number of benzene rings is 1. The van der Waals surface area contributed by atoms with Crippen LogP contribution in [0.15, 0.2) is 23.2 Å². The third-order valence-electron chi connectivity index (χ3n) is 2.88. The molecule has 5 heteroatoms. The summed E-state index contributed by atoms with van der Waals surface area (Å²) in [5, 5.41) is 12.9. The zero-order chi connectivity index (χ0) is 13.1. The van der Waals surface area contributed by atoms with Crippen molar-refractivity contribution >= 4 is 33.5 Å². The summed E-state index contributed by atoms with van der Waals surface area (Å²) < 4.78 is 0. The predicted molar refractivity (Wildman–Crippen MR) is 77.1 cm³/mol. The lowest BCUT2D eigenvalue weighted by Crippen LogP contribution is -2.12. The van der Waals surface area contributed by atoms with Crippen LogP contribution in [0.3, 0.4) is 0 Å². The van der Waals surface area contributed by atoms with Crippen LogP contribution in [0.5, 0.6) is 0 Å². The van der Waals surface area contributed by atoms with Crippen LogP contribution in [0.4, 0.5) is 5.69 Å². The molecule has 18 heavy (non-hydrogen) atoms. The summed E-state index contributed by atoms with van der Waals surface area (Å²) in [6, 6.07) is 5.98. The Bertz CT molecular complexity index is 649. The van der Waals surface area contributed by atoms with E-state index in [4.69, 9.17) is 5.26 Å². The zero-order valence-corrected chi connectivity index (χ0v) is 11.4. The number of nitrogens with one attached hydrogen (secondary N) is 2. The SMILES string of the molecule is CSC(=Nc1ccc2[nH]c(C)c(C)c2c1)NC#N. The zero-order valence-electron chi connectivity index (χ0n) is 10.5. The van der Waals surface area contributed by atoms with Gasteiger partial charge in [-0.25, -0.2) is 4.99 Å². The van der Waals surface area contributed by atoms with Crippen LogP contribution >= 0.6 is 11.8 Å². The monoisotopic (exact) mass is 258 g/mol. The lowest BCUT2D eigenvalue weighted by atomic mass is 10.1. The van der Waals surface area contributed by atoms with Gasteiger partial charge in [-0.3, -0.25) is 5.32 Å². The number of thioether (sulfide) groups is 1. The number of rotatable bonds is 1. The highest BCUT2D eigenvalue weighted by molar-refractivity contribution is 8.13. The van der Waals surface area contributed by atoms with Crippen LogP contribution in [-0.4, -0.2) is 16.4 Å². The number of aromatic amines is 1. The van der Waals surface area contributed by atoms with Crippen molar-refractivity contribution in [3.63, 3.8) is 0 Å². The number of nitriles is 1. The molecule has 2 aromatic rings. The molecular formula is C13H14N4S. The van der Waals surface area contributed by atoms with Crippen LogP contribution in [0, 0.1) is 25.3 Å². The standard InChI is InChI=1S/C13H14N4S/c1-8-9(2)16-12-5-4-10(6-11(8)12)17-13(18-3)15-7-14/h4-6,16H,1-3H3,(H,15,17). The normalized spacial score (nSPS) is 11.6. The predicted octanol–water partition coefficient (Wildman–Crippen LogP) is 3.21. The summed E-state index contributed by atoms with van der Waals surface area (Å²) in [4.78, 5) is 7.72. The molecule has 0 aliphatic carbocycles. The molecule has 2 N–H and O–H groups in total. The van der Waals surface area contributed by atoms with Crippen molar-refractivity contribution in [3.8, 4) is 6.19 Å². The number of H-pyrrole nitrogens is 1. The molecule has 1 aromatic carbocycles. The second-order valence-electron chi connectivity index (χ2n) is 3.96. The van der Waals surface area contributed by atoms with E-state index in [1.54, 1.807) is 0 Å². The fourth-order valence-electron chi connectivity index (χ4n) is 1.81. The summed E-state index contributed by atoms with van der Waals surface area (Å²) in [5.41, 5.74) is 4.37. The molecule has 1 heterocycles. The fourth-order valence-corrected chi connectivity index (χ4v) is 2.15.